The molecule has 2 amide bonds. The standard InChI is InChI=1S/C18H14ClF4N5O2S/c19-13-7-10(18(21,22)23)8-28-16(13)25-26-17(28)31-9-15(30)27(6-5-14(24)29)12-3-1-11(20)2-4-12/h1-4,7-8H,5-6,9H2,(H2,24,29). The van der Waals surface area contributed by atoms with Crippen LogP contribution in [0.25, 0.3) is 5.65 Å². The van der Waals surface area contributed by atoms with Crippen LogP contribution in [0.5, 0.6) is 0 Å². The van der Waals surface area contributed by atoms with E-state index in [2.05, 4.69) is 10.2 Å². The van der Waals surface area contributed by atoms with E-state index in [1.54, 1.807) is 0 Å². The summed E-state index contributed by atoms with van der Waals surface area (Å²) in [6.45, 7) is -0.0506. The van der Waals surface area contributed by atoms with E-state index in [-0.39, 0.29) is 34.5 Å². The average Bonchev–Trinajstić information content (AvgIpc) is 3.10. The Morgan fingerprint density at radius 1 is 1.19 bits per heavy atom. The Kier molecular flexibility index (Phi) is 6.70. The zero-order chi connectivity index (χ0) is 22.8. The number of anilines is 1. The highest BCUT2D eigenvalue weighted by Gasteiger charge is 2.32. The number of benzene rings is 1. The first-order valence-electron chi connectivity index (χ1n) is 8.65. The van der Waals surface area contributed by atoms with Gasteiger partial charge in [-0.1, -0.05) is 23.4 Å². The summed E-state index contributed by atoms with van der Waals surface area (Å²) in [4.78, 5) is 25.1. The molecule has 1 aromatic carbocycles. The highest BCUT2D eigenvalue weighted by Crippen LogP contribution is 2.33. The van der Waals surface area contributed by atoms with Crippen molar-refractivity contribution in [1.82, 2.24) is 14.6 Å². The summed E-state index contributed by atoms with van der Waals surface area (Å²) in [6.07, 6.45) is -3.97. The van der Waals surface area contributed by atoms with Crippen LogP contribution < -0.4 is 10.6 Å². The minimum Gasteiger partial charge on any atom is -0.370 e. The maximum Gasteiger partial charge on any atom is 0.417 e. The third-order valence-electron chi connectivity index (χ3n) is 4.10. The second kappa shape index (κ2) is 9.10. The van der Waals surface area contributed by atoms with Gasteiger partial charge < -0.3 is 10.6 Å². The van der Waals surface area contributed by atoms with Gasteiger partial charge in [-0.25, -0.2) is 4.39 Å². The number of primary amides is 1. The number of amides is 2. The first-order chi connectivity index (χ1) is 14.6. The number of fused-ring (bicyclic) bond motifs is 1. The van der Waals surface area contributed by atoms with Crippen molar-refractivity contribution in [1.29, 1.82) is 0 Å². The number of hydrogen-bond donors (Lipinski definition) is 1. The third kappa shape index (κ3) is 5.44. The predicted molar refractivity (Wildman–Crippen MR) is 106 cm³/mol. The van der Waals surface area contributed by atoms with Crippen molar-refractivity contribution in [3.8, 4) is 0 Å². The highest BCUT2D eigenvalue weighted by atomic mass is 35.5. The van der Waals surface area contributed by atoms with E-state index < -0.39 is 29.4 Å². The average molecular weight is 476 g/mol. The number of alkyl halides is 3. The topological polar surface area (TPSA) is 93.6 Å². The summed E-state index contributed by atoms with van der Waals surface area (Å²) in [6, 6.07) is 5.77. The van der Waals surface area contributed by atoms with Crippen molar-refractivity contribution in [2.45, 2.75) is 17.8 Å². The minimum atomic E-state index is -4.63. The van der Waals surface area contributed by atoms with Crippen molar-refractivity contribution in [2.75, 3.05) is 17.2 Å². The van der Waals surface area contributed by atoms with Gasteiger partial charge in [0, 0.05) is 24.8 Å². The molecule has 0 saturated carbocycles. The van der Waals surface area contributed by atoms with E-state index in [1.807, 2.05) is 0 Å². The normalized spacial score (nSPS) is 11.6. The molecule has 0 aliphatic carbocycles. The summed E-state index contributed by atoms with van der Waals surface area (Å²) in [5.41, 5.74) is 4.50. The molecule has 0 fully saturated rings. The van der Waals surface area contributed by atoms with Gasteiger partial charge in [0.15, 0.2) is 10.8 Å². The molecule has 0 bridgehead atoms. The Bertz CT molecular complexity index is 1120. The number of hydrogen-bond acceptors (Lipinski definition) is 5. The van der Waals surface area contributed by atoms with Crippen LogP contribution in [-0.4, -0.2) is 38.7 Å². The summed E-state index contributed by atoms with van der Waals surface area (Å²) >= 11 is 6.71. The van der Waals surface area contributed by atoms with Gasteiger partial charge in [0.05, 0.1) is 16.3 Å². The number of halogens is 5. The van der Waals surface area contributed by atoms with Gasteiger partial charge in [-0.05, 0) is 30.3 Å². The van der Waals surface area contributed by atoms with Crippen molar-refractivity contribution in [3.05, 3.63) is 52.9 Å². The number of thioether (sulfide) groups is 1. The van der Waals surface area contributed by atoms with Crippen LogP contribution in [0.2, 0.25) is 5.02 Å². The van der Waals surface area contributed by atoms with Gasteiger partial charge in [-0.15, -0.1) is 10.2 Å². The molecule has 0 aliphatic heterocycles. The zero-order valence-electron chi connectivity index (χ0n) is 15.6. The number of nitrogens with zero attached hydrogens (tertiary/aromatic N) is 4. The summed E-state index contributed by atoms with van der Waals surface area (Å²) < 4.78 is 53.5. The second-order valence-corrected chi connectivity index (χ2v) is 7.63. The number of aromatic nitrogens is 3. The molecule has 0 radical (unpaired) electrons. The quantitative estimate of drug-likeness (QED) is 0.417. The number of carbonyl (C=O) groups is 2. The summed E-state index contributed by atoms with van der Waals surface area (Å²) in [7, 11) is 0. The summed E-state index contributed by atoms with van der Waals surface area (Å²) in [5, 5.41) is 7.33. The Morgan fingerprint density at radius 2 is 1.87 bits per heavy atom. The van der Waals surface area contributed by atoms with Crippen LogP contribution in [0.3, 0.4) is 0 Å². The molecule has 3 rings (SSSR count). The molecule has 13 heteroatoms. The SMILES string of the molecule is NC(=O)CCN(C(=O)CSc1nnc2c(Cl)cc(C(F)(F)F)cn12)c1ccc(F)cc1. The first kappa shape index (κ1) is 22.8. The van der Waals surface area contributed by atoms with E-state index in [0.29, 0.717) is 5.69 Å². The molecular formula is C18H14ClF4N5O2S. The van der Waals surface area contributed by atoms with Crippen LogP contribution in [0, 0.1) is 5.82 Å². The third-order valence-corrected chi connectivity index (χ3v) is 5.31. The number of carbonyl (C=O) groups excluding carboxylic acids is 2. The summed E-state index contributed by atoms with van der Waals surface area (Å²) in [5.74, 6) is -1.88. The number of rotatable bonds is 7. The number of nitrogens with two attached hydrogens (primary N) is 1. The van der Waals surface area contributed by atoms with Gasteiger partial charge in [0.2, 0.25) is 11.8 Å². The van der Waals surface area contributed by atoms with Crippen LogP contribution in [0.4, 0.5) is 23.2 Å². The van der Waals surface area contributed by atoms with Crippen molar-refractivity contribution in [2.24, 2.45) is 5.73 Å². The maximum absolute atomic E-state index is 13.2. The van der Waals surface area contributed by atoms with Gasteiger partial charge in [-0.2, -0.15) is 13.2 Å². The van der Waals surface area contributed by atoms with Gasteiger partial charge in [0.1, 0.15) is 5.82 Å². The lowest BCUT2D eigenvalue weighted by atomic mass is 10.2. The molecule has 164 valence electrons. The molecule has 2 heterocycles. The Morgan fingerprint density at radius 3 is 2.48 bits per heavy atom. The Hall–Kier alpha value is -2.86. The van der Waals surface area contributed by atoms with Crippen LogP contribution in [-0.2, 0) is 15.8 Å². The zero-order valence-corrected chi connectivity index (χ0v) is 17.1. The minimum absolute atomic E-state index is 0.00809. The molecule has 2 N–H and O–H groups in total. The van der Waals surface area contributed by atoms with Crippen LogP contribution in [0.15, 0.2) is 41.7 Å². The molecule has 7 nitrogen and oxygen atoms in total. The van der Waals surface area contributed by atoms with E-state index in [4.69, 9.17) is 17.3 Å². The van der Waals surface area contributed by atoms with Crippen LogP contribution >= 0.6 is 23.4 Å². The van der Waals surface area contributed by atoms with Crippen molar-refractivity contribution in [3.63, 3.8) is 0 Å². The molecule has 0 atom stereocenters. The van der Waals surface area contributed by atoms with Crippen molar-refractivity contribution >= 4 is 46.5 Å². The van der Waals surface area contributed by atoms with Gasteiger partial charge >= 0.3 is 6.18 Å². The smallest absolute Gasteiger partial charge is 0.370 e. The van der Waals surface area contributed by atoms with E-state index in [0.717, 1.165) is 40.6 Å². The van der Waals surface area contributed by atoms with E-state index in [1.165, 1.54) is 17.0 Å². The molecule has 2 aromatic heterocycles. The lowest BCUT2D eigenvalue weighted by Gasteiger charge is -2.22. The number of pyridine rings is 1. The maximum atomic E-state index is 13.2. The van der Waals surface area contributed by atoms with E-state index in [9.17, 15) is 27.2 Å². The highest BCUT2D eigenvalue weighted by molar-refractivity contribution is 7.99. The Balaban J connectivity index is 1.83. The molecular weight excluding hydrogens is 462 g/mol. The second-order valence-electron chi connectivity index (χ2n) is 6.28. The fourth-order valence-electron chi connectivity index (χ4n) is 2.63. The fraction of sp³-hybridized carbons (Fsp3) is 0.222. The first-order valence-corrected chi connectivity index (χ1v) is 10.0. The molecule has 0 spiro atoms. The lowest BCUT2D eigenvalue weighted by Crippen LogP contribution is -2.35. The molecule has 0 unspecified atom stereocenters. The molecule has 3 aromatic rings. The van der Waals surface area contributed by atoms with Crippen LogP contribution in [0.1, 0.15) is 12.0 Å². The van der Waals surface area contributed by atoms with Gasteiger partial charge in [-0.3, -0.25) is 14.0 Å². The van der Waals surface area contributed by atoms with Crippen molar-refractivity contribution < 1.29 is 27.2 Å². The van der Waals surface area contributed by atoms with Gasteiger partial charge in [0.25, 0.3) is 0 Å². The fourth-order valence-corrected chi connectivity index (χ4v) is 3.66. The Labute approximate surface area is 182 Å². The van der Waals surface area contributed by atoms with E-state index >= 15 is 0 Å². The largest absolute Gasteiger partial charge is 0.417 e. The monoisotopic (exact) mass is 475 g/mol. The molecule has 31 heavy (non-hydrogen) atoms. The molecule has 0 aliphatic rings. The molecule has 0 saturated heterocycles. The predicted octanol–water partition coefficient (Wildman–Crippen LogP) is 3.54. The lowest BCUT2D eigenvalue weighted by molar-refractivity contribution is -0.138.